The number of hydrogen-bond donors (Lipinski definition) is 1. The maximum atomic E-state index is 10.7. The van der Waals surface area contributed by atoms with E-state index in [2.05, 4.69) is 10.3 Å². The molecule has 1 aromatic rings. The molecule has 4 heteroatoms. The van der Waals surface area contributed by atoms with Gasteiger partial charge < -0.3 is 5.32 Å². The molecule has 1 N–H and O–H groups in total. The minimum Gasteiger partial charge on any atom is -0.302 e. The molecule has 0 unspecified atom stereocenters. The van der Waals surface area contributed by atoms with E-state index in [1.807, 2.05) is 25.3 Å². The van der Waals surface area contributed by atoms with Gasteiger partial charge in [0.2, 0.25) is 5.91 Å². The molecule has 1 aromatic heterocycles. The highest BCUT2D eigenvalue weighted by Crippen LogP contribution is 2.20. The number of amides is 1. The fraction of sp³-hybridized carbons (Fsp3) is 0.333. The number of hydrogen-bond acceptors (Lipinski definition) is 3. The fourth-order valence-electron chi connectivity index (χ4n) is 0.811. The molecular weight excluding hydrogens is 184 g/mol. The van der Waals surface area contributed by atoms with Gasteiger partial charge in [-0.1, -0.05) is 6.08 Å². The van der Waals surface area contributed by atoms with Crippen molar-refractivity contribution < 1.29 is 4.79 Å². The van der Waals surface area contributed by atoms with Crippen LogP contribution in [0.25, 0.3) is 5.57 Å². The van der Waals surface area contributed by atoms with E-state index in [4.69, 9.17) is 0 Å². The molecule has 0 spiro atoms. The molecule has 13 heavy (non-hydrogen) atoms. The Balaban J connectivity index is 2.80. The molecule has 70 valence electrons. The van der Waals surface area contributed by atoms with Crippen molar-refractivity contribution in [2.45, 2.75) is 20.8 Å². The summed E-state index contributed by atoms with van der Waals surface area (Å²) in [6.07, 6.45) is 1.99. The minimum absolute atomic E-state index is 0.0842. The van der Waals surface area contributed by atoms with Crippen LogP contribution in [0.1, 0.15) is 26.5 Å². The Labute approximate surface area is 81.5 Å². The Bertz CT molecular complexity index is 341. The Kier molecular flexibility index (Phi) is 3.19. The smallest absolute Gasteiger partial charge is 0.223 e. The third-order valence-electron chi connectivity index (χ3n) is 1.62. The van der Waals surface area contributed by atoms with Gasteiger partial charge in [0, 0.05) is 12.3 Å². The van der Waals surface area contributed by atoms with Gasteiger partial charge in [-0.05, 0) is 19.4 Å². The molecule has 1 amide bonds. The third-order valence-corrected chi connectivity index (χ3v) is 2.38. The monoisotopic (exact) mass is 196 g/mol. The van der Waals surface area contributed by atoms with Gasteiger partial charge in [-0.25, -0.2) is 4.98 Å². The lowest BCUT2D eigenvalue weighted by molar-refractivity contribution is -0.114. The van der Waals surface area contributed by atoms with Gasteiger partial charge in [-0.15, -0.1) is 11.3 Å². The number of thiazole rings is 1. The van der Waals surface area contributed by atoms with E-state index < -0.39 is 0 Å². The molecule has 0 saturated heterocycles. The first kappa shape index (κ1) is 9.92. The highest BCUT2D eigenvalue weighted by Gasteiger charge is 2.03. The van der Waals surface area contributed by atoms with Gasteiger partial charge in [0.25, 0.3) is 0 Å². The molecule has 0 radical (unpaired) electrons. The van der Waals surface area contributed by atoms with E-state index in [1.54, 1.807) is 0 Å². The Morgan fingerprint density at radius 1 is 1.62 bits per heavy atom. The number of anilines is 1. The summed E-state index contributed by atoms with van der Waals surface area (Å²) < 4.78 is 0. The molecular formula is C9H12N2OS. The quantitative estimate of drug-likeness (QED) is 0.789. The summed E-state index contributed by atoms with van der Waals surface area (Å²) in [5, 5.41) is 5.23. The number of nitrogens with zero attached hydrogens (tertiary/aromatic N) is 1. The van der Waals surface area contributed by atoms with Gasteiger partial charge in [0.1, 0.15) is 0 Å². The summed E-state index contributed by atoms with van der Waals surface area (Å²) >= 11 is 1.44. The van der Waals surface area contributed by atoms with Crippen LogP contribution < -0.4 is 5.32 Å². The summed E-state index contributed by atoms with van der Waals surface area (Å²) in [5.41, 5.74) is 2.05. The average molecular weight is 196 g/mol. The van der Waals surface area contributed by atoms with Crippen molar-refractivity contribution in [2.24, 2.45) is 0 Å². The lowest BCUT2D eigenvalue weighted by Gasteiger charge is -1.94. The third kappa shape index (κ3) is 2.66. The van der Waals surface area contributed by atoms with Crippen molar-refractivity contribution >= 4 is 27.9 Å². The Morgan fingerprint density at radius 2 is 2.31 bits per heavy atom. The molecule has 0 fully saturated rings. The van der Waals surface area contributed by atoms with Crippen molar-refractivity contribution in [3.8, 4) is 0 Å². The molecule has 0 saturated carbocycles. The first-order chi connectivity index (χ1) is 6.13. The van der Waals surface area contributed by atoms with Crippen LogP contribution in [0.3, 0.4) is 0 Å². The lowest BCUT2D eigenvalue weighted by atomic mass is 10.2. The number of nitrogens with one attached hydrogen (secondary N) is 1. The summed E-state index contributed by atoms with van der Waals surface area (Å²) in [6, 6.07) is 0. The van der Waals surface area contributed by atoms with E-state index >= 15 is 0 Å². The zero-order chi connectivity index (χ0) is 9.84. The molecule has 1 heterocycles. The lowest BCUT2D eigenvalue weighted by Crippen LogP contribution is -2.05. The van der Waals surface area contributed by atoms with Crippen molar-refractivity contribution in [2.75, 3.05) is 5.32 Å². The summed E-state index contributed by atoms with van der Waals surface area (Å²) in [6.45, 7) is 5.43. The predicted octanol–water partition coefficient (Wildman–Crippen LogP) is 2.52. The van der Waals surface area contributed by atoms with Gasteiger partial charge in [-0.2, -0.15) is 0 Å². The summed E-state index contributed by atoms with van der Waals surface area (Å²) in [4.78, 5) is 14.9. The van der Waals surface area contributed by atoms with Gasteiger partial charge in [0.05, 0.1) is 5.69 Å². The molecule has 0 aliphatic rings. The topological polar surface area (TPSA) is 42.0 Å². The molecule has 0 aliphatic heterocycles. The van der Waals surface area contributed by atoms with Crippen LogP contribution in [-0.2, 0) is 4.79 Å². The van der Waals surface area contributed by atoms with E-state index in [-0.39, 0.29) is 5.91 Å². The number of aromatic nitrogens is 1. The summed E-state index contributed by atoms with van der Waals surface area (Å²) in [7, 11) is 0. The van der Waals surface area contributed by atoms with Crippen LogP contribution in [0.15, 0.2) is 11.5 Å². The second-order valence-corrected chi connectivity index (χ2v) is 3.55. The number of allylic oxidation sites excluding steroid dienone is 2. The van der Waals surface area contributed by atoms with Crippen molar-refractivity contribution in [3.63, 3.8) is 0 Å². The average Bonchev–Trinajstić information content (AvgIpc) is 2.50. The van der Waals surface area contributed by atoms with Gasteiger partial charge in [-0.3, -0.25) is 4.79 Å². The second kappa shape index (κ2) is 4.18. The van der Waals surface area contributed by atoms with Crippen LogP contribution in [-0.4, -0.2) is 10.9 Å². The maximum absolute atomic E-state index is 10.7. The zero-order valence-electron chi connectivity index (χ0n) is 7.92. The highest BCUT2D eigenvalue weighted by molar-refractivity contribution is 7.14. The molecule has 0 aromatic carbocycles. The maximum Gasteiger partial charge on any atom is 0.223 e. The number of rotatable bonds is 2. The standard InChI is InChI=1S/C9H12N2OS/c1-4-6(2)8-5-13-9(11-8)10-7(3)12/h4-5H,1-3H3,(H,10,11,12). The SMILES string of the molecule is CC=C(C)c1csc(NC(C)=O)n1. The predicted molar refractivity (Wildman–Crippen MR) is 55.7 cm³/mol. The normalized spacial score (nSPS) is 11.5. The second-order valence-electron chi connectivity index (χ2n) is 2.69. The molecule has 0 aliphatic carbocycles. The zero-order valence-corrected chi connectivity index (χ0v) is 8.73. The van der Waals surface area contributed by atoms with Gasteiger partial charge >= 0.3 is 0 Å². The number of carbonyl (C=O) groups is 1. The Morgan fingerprint density at radius 3 is 2.85 bits per heavy atom. The van der Waals surface area contributed by atoms with E-state index in [0.29, 0.717) is 5.13 Å². The van der Waals surface area contributed by atoms with Crippen molar-refractivity contribution in [1.29, 1.82) is 0 Å². The number of carbonyl (C=O) groups excluding carboxylic acids is 1. The molecule has 1 rings (SSSR count). The molecule has 0 atom stereocenters. The van der Waals surface area contributed by atoms with E-state index in [0.717, 1.165) is 11.3 Å². The van der Waals surface area contributed by atoms with Gasteiger partial charge in [0.15, 0.2) is 5.13 Å². The fourth-order valence-corrected chi connectivity index (χ4v) is 1.63. The first-order valence-electron chi connectivity index (χ1n) is 4.00. The largest absolute Gasteiger partial charge is 0.302 e. The van der Waals surface area contributed by atoms with Crippen LogP contribution in [0.5, 0.6) is 0 Å². The van der Waals surface area contributed by atoms with Crippen LogP contribution in [0, 0.1) is 0 Å². The van der Waals surface area contributed by atoms with E-state index in [9.17, 15) is 4.79 Å². The first-order valence-corrected chi connectivity index (χ1v) is 4.88. The van der Waals surface area contributed by atoms with E-state index in [1.165, 1.54) is 18.3 Å². The van der Waals surface area contributed by atoms with Crippen LogP contribution >= 0.6 is 11.3 Å². The molecule has 3 nitrogen and oxygen atoms in total. The van der Waals surface area contributed by atoms with Crippen molar-refractivity contribution in [3.05, 3.63) is 17.2 Å². The summed E-state index contributed by atoms with van der Waals surface area (Å²) in [5.74, 6) is -0.0842. The van der Waals surface area contributed by atoms with Crippen molar-refractivity contribution in [1.82, 2.24) is 4.98 Å². The van der Waals surface area contributed by atoms with Crippen LogP contribution in [0.2, 0.25) is 0 Å². The Hall–Kier alpha value is -1.16. The molecule has 0 bridgehead atoms. The highest BCUT2D eigenvalue weighted by atomic mass is 32.1. The minimum atomic E-state index is -0.0842. The van der Waals surface area contributed by atoms with Crippen LogP contribution in [0.4, 0.5) is 5.13 Å².